The monoisotopic (exact) mass is 75.0 g/mol. The van der Waals surface area contributed by atoms with Gasteiger partial charge < -0.3 is 0 Å². The third-order valence-electron chi connectivity index (χ3n) is 0.239. The number of hydrogen-bond acceptors (Lipinski definition) is 0. The summed E-state index contributed by atoms with van der Waals surface area (Å²) in [6.45, 7) is 0. The predicted octanol–water partition coefficient (Wildman–Crippen LogP) is 0.612. The van der Waals surface area contributed by atoms with E-state index in [4.69, 9.17) is 12.8 Å². The highest BCUT2D eigenvalue weighted by Gasteiger charge is 1.62. The fourth-order valence-electron chi connectivity index (χ4n) is 0.0833. The fourth-order valence-corrected chi connectivity index (χ4v) is 0.0833. The molecule has 0 fully saturated rings. The van der Waals surface area contributed by atoms with Gasteiger partial charge in [0.25, 0.3) is 0 Å². The van der Waals surface area contributed by atoms with Gasteiger partial charge in [-0.1, -0.05) is 0 Å². The third kappa shape index (κ3) is 2.77. The first-order valence-electron chi connectivity index (χ1n) is 1.40. The van der Waals surface area contributed by atoms with Gasteiger partial charge in [-0.05, 0) is 6.42 Å². The summed E-state index contributed by atoms with van der Waals surface area (Å²) in [7, 11) is 0. The first-order valence-corrected chi connectivity index (χ1v) is 1.40. The van der Waals surface area contributed by atoms with E-state index in [-0.39, 0.29) is 0 Å². The van der Waals surface area contributed by atoms with E-state index in [1.54, 1.807) is 0 Å². The minimum Gasteiger partial charge on any atom is -0.0338 e. The smallest absolute Gasteiger partial charge is 0.0338 e. The van der Waals surface area contributed by atoms with Gasteiger partial charge in [0.15, 0.2) is 6.08 Å². The molecule has 0 aliphatic carbocycles. The summed E-state index contributed by atoms with van der Waals surface area (Å²) in [5.74, 6) is 4.31. The van der Waals surface area contributed by atoms with E-state index in [0.717, 1.165) is 0 Å². The summed E-state index contributed by atoms with van der Waals surface area (Å²) in [4.78, 5) is 0. The van der Waals surface area contributed by atoms with Crippen LogP contribution < -0.4 is 0 Å². The maximum absolute atomic E-state index is 4.75. The zero-order valence-corrected chi connectivity index (χ0v) is 3.23. The molecule has 0 aliphatic heterocycles. The van der Waals surface area contributed by atoms with Crippen LogP contribution in [0.2, 0.25) is 0 Å². The maximum Gasteiger partial charge on any atom is 0.174 e. The molecular weight excluding hydrogens is 72.1 g/mol. The van der Waals surface area contributed by atoms with Crippen molar-refractivity contribution >= 4 is 0 Å². The SMILES string of the molecule is C#C[C+]=CC#C. The van der Waals surface area contributed by atoms with Crippen LogP contribution in [0.5, 0.6) is 0 Å². The van der Waals surface area contributed by atoms with Gasteiger partial charge in [-0.2, -0.15) is 0 Å². The molecule has 0 amide bonds. The fraction of sp³-hybridized carbons (Fsp3) is 0. The molecular formula is C6H3+. The Morgan fingerprint density at radius 1 is 1.50 bits per heavy atom. The van der Waals surface area contributed by atoms with Crippen molar-refractivity contribution in [3.8, 4) is 24.7 Å². The molecule has 0 saturated heterocycles. The second-order valence-corrected chi connectivity index (χ2v) is 0.600. The maximum atomic E-state index is 4.75. The van der Waals surface area contributed by atoms with E-state index in [2.05, 4.69) is 17.9 Å². The molecule has 0 atom stereocenters. The molecule has 0 bridgehead atoms. The van der Waals surface area contributed by atoms with Crippen LogP contribution in [-0.2, 0) is 0 Å². The van der Waals surface area contributed by atoms with E-state index < -0.39 is 0 Å². The number of rotatable bonds is 0. The van der Waals surface area contributed by atoms with Crippen LogP contribution in [-0.4, -0.2) is 0 Å². The average molecular weight is 75.1 g/mol. The second-order valence-electron chi connectivity index (χ2n) is 0.600. The third-order valence-corrected chi connectivity index (χ3v) is 0.239. The van der Waals surface area contributed by atoms with Crippen molar-refractivity contribution < 1.29 is 0 Å². The average Bonchev–Trinajstić information content (AvgIpc) is 1.61. The summed E-state index contributed by atoms with van der Waals surface area (Å²) in [6.07, 6.45) is 13.2. The van der Waals surface area contributed by atoms with E-state index in [9.17, 15) is 0 Å². The first kappa shape index (κ1) is 4.77. The molecule has 26 valence electrons. The highest BCUT2D eigenvalue weighted by atomic mass is 13.5. The molecule has 0 heterocycles. The van der Waals surface area contributed by atoms with E-state index >= 15 is 0 Å². The van der Waals surface area contributed by atoms with Crippen molar-refractivity contribution in [3.05, 3.63) is 12.2 Å². The van der Waals surface area contributed by atoms with Gasteiger partial charge in [0, 0.05) is 6.42 Å². The molecule has 0 rings (SSSR count). The number of allylic oxidation sites excluding steroid dienone is 2. The topological polar surface area (TPSA) is 0 Å². The van der Waals surface area contributed by atoms with Gasteiger partial charge in [0.05, 0.1) is 5.92 Å². The lowest BCUT2D eigenvalue weighted by atomic mass is 10.5. The second kappa shape index (κ2) is 3.77. The zero-order valence-electron chi connectivity index (χ0n) is 3.23. The molecule has 0 heteroatoms. The molecule has 0 aliphatic rings. The van der Waals surface area contributed by atoms with Gasteiger partial charge in [0.2, 0.25) is 0 Å². The number of terminal acetylenes is 2. The van der Waals surface area contributed by atoms with E-state index in [1.165, 1.54) is 6.08 Å². The lowest BCUT2D eigenvalue weighted by Crippen LogP contribution is -1.43. The lowest BCUT2D eigenvalue weighted by Gasteiger charge is -1.37. The summed E-state index contributed by atoms with van der Waals surface area (Å²) in [5.41, 5.74) is 0. The normalized spacial score (nSPS) is 5.67. The standard InChI is InChI=1S/C6H3/c1-3-5-6-4-2/h1-2,5H/q+1. The Bertz CT molecular complexity index is 100.0. The summed E-state index contributed by atoms with van der Waals surface area (Å²) in [5, 5.41) is 0. The van der Waals surface area contributed by atoms with Gasteiger partial charge in [-0.15, -0.1) is 0 Å². The highest BCUT2D eigenvalue weighted by molar-refractivity contribution is 5.13. The van der Waals surface area contributed by atoms with Crippen molar-refractivity contribution in [1.82, 2.24) is 0 Å². The van der Waals surface area contributed by atoms with Crippen molar-refractivity contribution in [2.24, 2.45) is 0 Å². The minimum atomic E-state index is 1.35. The molecule has 6 heavy (non-hydrogen) atoms. The van der Waals surface area contributed by atoms with Crippen molar-refractivity contribution in [1.29, 1.82) is 0 Å². The Balaban J connectivity index is 3.36. The van der Waals surface area contributed by atoms with Crippen LogP contribution in [0.1, 0.15) is 0 Å². The lowest BCUT2D eigenvalue weighted by molar-refractivity contribution is 2.05. The molecule has 0 N–H and O–H groups in total. The molecule has 0 unspecified atom stereocenters. The van der Waals surface area contributed by atoms with Crippen molar-refractivity contribution in [2.45, 2.75) is 0 Å². The summed E-state index contributed by atoms with van der Waals surface area (Å²) < 4.78 is 0. The number of hydrogen-bond donors (Lipinski definition) is 0. The highest BCUT2D eigenvalue weighted by Crippen LogP contribution is 1.57. The Labute approximate surface area is 37.9 Å². The Kier molecular flexibility index (Phi) is 3.00. The molecule has 0 aromatic rings. The van der Waals surface area contributed by atoms with Gasteiger partial charge in [-0.3, -0.25) is 0 Å². The van der Waals surface area contributed by atoms with Crippen LogP contribution in [0.15, 0.2) is 6.08 Å². The molecule has 0 saturated carbocycles. The Hall–Kier alpha value is -1.23. The summed E-state index contributed by atoms with van der Waals surface area (Å²) >= 11 is 0. The van der Waals surface area contributed by atoms with Gasteiger partial charge in [0.1, 0.15) is 12.0 Å². The Morgan fingerprint density at radius 2 is 2.17 bits per heavy atom. The van der Waals surface area contributed by atoms with E-state index in [0.29, 0.717) is 0 Å². The van der Waals surface area contributed by atoms with Crippen molar-refractivity contribution in [3.63, 3.8) is 0 Å². The van der Waals surface area contributed by atoms with E-state index in [1.807, 2.05) is 0 Å². The summed E-state index contributed by atoms with van der Waals surface area (Å²) in [6, 6.07) is 0. The molecule has 0 aromatic heterocycles. The zero-order chi connectivity index (χ0) is 4.83. The predicted molar refractivity (Wildman–Crippen MR) is 25.5 cm³/mol. The Morgan fingerprint density at radius 3 is 2.33 bits per heavy atom. The van der Waals surface area contributed by atoms with Crippen LogP contribution in [0, 0.1) is 30.8 Å². The van der Waals surface area contributed by atoms with Crippen LogP contribution >= 0.6 is 0 Å². The van der Waals surface area contributed by atoms with Gasteiger partial charge in [-0.25, -0.2) is 0 Å². The first-order chi connectivity index (χ1) is 2.91. The molecule has 0 spiro atoms. The van der Waals surface area contributed by atoms with Crippen LogP contribution in [0.3, 0.4) is 0 Å². The largest absolute Gasteiger partial charge is 0.174 e. The molecule has 0 radical (unpaired) electrons. The van der Waals surface area contributed by atoms with Crippen molar-refractivity contribution in [2.75, 3.05) is 0 Å². The molecule has 0 aromatic carbocycles. The quantitative estimate of drug-likeness (QED) is 0.292. The van der Waals surface area contributed by atoms with Gasteiger partial charge >= 0.3 is 0 Å². The van der Waals surface area contributed by atoms with Crippen LogP contribution in [0.25, 0.3) is 0 Å². The minimum absolute atomic E-state index is 1.35. The molecule has 0 nitrogen and oxygen atoms in total. The van der Waals surface area contributed by atoms with Crippen LogP contribution in [0.4, 0.5) is 0 Å².